The number of para-hydroxylation sites is 2. The molecule has 1 heterocycles. The second-order valence-electron chi connectivity index (χ2n) is 5.89. The molecule has 0 aliphatic carbocycles. The predicted octanol–water partition coefficient (Wildman–Crippen LogP) is 2.89. The first-order valence-electron chi connectivity index (χ1n) is 8.02. The van der Waals surface area contributed by atoms with Crippen LogP contribution in [0.2, 0.25) is 0 Å². The maximum atomic E-state index is 12.7. The Bertz CT molecular complexity index is 1050. The first kappa shape index (κ1) is 17.5. The molecule has 1 aromatic heterocycles. The molecule has 0 fully saturated rings. The molecule has 3 aromatic rings. The fourth-order valence-corrected chi connectivity index (χ4v) is 2.71. The van der Waals surface area contributed by atoms with E-state index in [1.165, 1.54) is 11.7 Å². The lowest BCUT2D eigenvalue weighted by Crippen LogP contribution is -2.29. The number of amides is 1. The fourth-order valence-electron chi connectivity index (χ4n) is 2.71. The van der Waals surface area contributed by atoms with Crippen molar-refractivity contribution in [2.45, 2.75) is 19.9 Å². The van der Waals surface area contributed by atoms with Crippen molar-refractivity contribution >= 4 is 28.7 Å². The van der Waals surface area contributed by atoms with Crippen LogP contribution in [0.4, 0.5) is 5.69 Å². The number of aryl methyl sites for hydroxylation is 1. The van der Waals surface area contributed by atoms with Gasteiger partial charge in [-0.25, -0.2) is 9.59 Å². The van der Waals surface area contributed by atoms with Gasteiger partial charge in [-0.3, -0.25) is 9.36 Å². The number of carbonyl (C=O) groups excluding carboxylic acids is 2. The smallest absolute Gasteiger partial charge is 0.420 e. The summed E-state index contributed by atoms with van der Waals surface area (Å²) in [5, 5.41) is 2.76. The number of benzene rings is 2. The Kier molecular flexibility index (Phi) is 4.62. The van der Waals surface area contributed by atoms with Crippen LogP contribution in [0, 0.1) is 6.92 Å². The van der Waals surface area contributed by atoms with E-state index in [2.05, 4.69) is 5.32 Å². The number of oxazole rings is 1. The molecule has 7 heteroatoms. The maximum Gasteiger partial charge on any atom is 0.420 e. The molecule has 2 aromatic carbocycles. The van der Waals surface area contributed by atoms with Crippen LogP contribution in [0.15, 0.2) is 51.7 Å². The van der Waals surface area contributed by atoms with E-state index in [0.29, 0.717) is 22.4 Å². The number of anilines is 1. The number of aromatic nitrogens is 1. The second kappa shape index (κ2) is 6.87. The van der Waals surface area contributed by atoms with Gasteiger partial charge in [-0.15, -0.1) is 0 Å². The van der Waals surface area contributed by atoms with E-state index < -0.39 is 23.7 Å². The van der Waals surface area contributed by atoms with E-state index in [-0.39, 0.29) is 0 Å². The molecule has 1 N–H and O–H groups in total. The normalized spacial score (nSPS) is 12.0. The van der Waals surface area contributed by atoms with Gasteiger partial charge in [0, 0.05) is 5.69 Å². The van der Waals surface area contributed by atoms with Crippen LogP contribution in [0.25, 0.3) is 11.1 Å². The number of rotatable bonds is 4. The van der Waals surface area contributed by atoms with Gasteiger partial charge in [0.25, 0.3) is 0 Å². The zero-order chi connectivity index (χ0) is 18.8. The monoisotopic (exact) mass is 354 g/mol. The van der Waals surface area contributed by atoms with Crippen LogP contribution >= 0.6 is 0 Å². The van der Waals surface area contributed by atoms with Gasteiger partial charge in [0.15, 0.2) is 5.58 Å². The number of carbonyl (C=O) groups is 2. The van der Waals surface area contributed by atoms with E-state index in [1.54, 1.807) is 56.3 Å². The summed E-state index contributed by atoms with van der Waals surface area (Å²) in [4.78, 5) is 36.5. The van der Waals surface area contributed by atoms with E-state index in [0.717, 1.165) is 5.56 Å². The number of methoxy groups -OCH3 is 1. The third kappa shape index (κ3) is 3.11. The Morgan fingerprint density at radius 2 is 1.92 bits per heavy atom. The highest BCUT2D eigenvalue weighted by Gasteiger charge is 2.22. The molecule has 1 unspecified atom stereocenters. The molecule has 134 valence electrons. The highest BCUT2D eigenvalue weighted by molar-refractivity contribution is 5.97. The molecule has 1 atom stereocenters. The first-order valence-corrected chi connectivity index (χ1v) is 8.02. The Hall–Kier alpha value is -3.35. The molecule has 0 radical (unpaired) electrons. The highest BCUT2D eigenvalue weighted by Crippen LogP contribution is 2.21. The molecule has 0 saturated heterocycles. The summed E-state index contributed by atoms with van der Waals surface area (Å²) in [7, 11) is 1.29. The van der Waals surface area contributed by atoms with Crippen LogP contribution in [0.1, 0.15) is 28.9 Å². The van der Waals surface area contributed by atoms with Crippen molar-refractivity contribution in [2.75, 3.05) is 12.4 Å². The lowest BCUT2D eigenvalue weighted by molar-refractivity contribution is -0.118. The minimum Gasteiger partial charge on any atom is -0.465 e. The van der Waals surface area contributed by atoms with Crippen LogP contribution in [-0.2, 0) is 9.53 Å². The van der Waals surface area contributed by atoms with Crippen molar-refractivity contribution < 1.29 is 18.7 Å². The summed E-state index contributed by atoms with van der Waals surface area (Å²) in [6.07, 6.45) is 0. The zero-order valence-electron chi connectivity index (χ0n) is 14.6. The molecule has 0 saturated carbocycles. The SMILES string of the molecule is COC(=O)c1ccc(C)c(NC(=O)C(C)n2c(=O)oc3ccccc32)c1. The summed E-state index contributed by atoms with van der Waals surface area (Å²) in [6.45, 7) is 3.42. The summed E-state index contributed by atoms with van der Waals surface area (Å²) in [5.74, 6) is -1.50. The predicted molar refractivity (Wildman–Crippen MR) is 96.3 cm³/mol. The van der Waals surface area contributed by atoms with Crippen molar-refractivity contribution in [2.24, 2.45) is 0 Å². The largest absolute Gasteiger partial charge is 0.465 e. The first-order chi connectivity index (χ1) is 12.4. The summed E-state index contributed by atoms with van der Waals surface area (Å²) in [6, 6.07) is 11.0. The van der Waals surface area contributed by atoms with Crippen LogP contribution in [-0.4, -0.2) is 23.6 Å². The minimum absolute atomic E-state index is 0.326. The van der Waals surface area contributed by atoms with Gasteiger partial charge in [0.05, 0.1) is 18.2 Å². The topological polar surface area (TPSA) is 90.5 Å². The molecule has 1 amide bonds. The summed E-state index contributed by atoms with van der Waals surface area (Å²) >= 11 is 0. The summed E-state index contributed by atoms with van der Waals surface area (Å²) in [5.41, 5.74) is 2.54. The van der Waals surface area contributed by atoms with Crippen molar-refractivity contribution in [3.05, 3.63) is 64.1 Å². The third-order valence-electron chi connectivity index (χ3n) is 4.20. The number of fused-ring (bicyclic) bond motifs is 1. The molecule has 26 heavy (non-hydrogen) atoms. The van der Waals surface area contributed by atoms with Crippen molar-refractivity contribution in [3.8, 4) is 0 Å². The van der Waals surface area contributed by atoms with Crippen molar-refractivity contribution in [1.29, 1.82) is 0 Å². The number of nitrogens with one attached hydrogen (secondary N) is 1. The number of hydrogen-bond acceptors (Lipinski definition) is 5. The molecule has 0 bridgehead atoms. The van der Waals surface area contributed by atoms with E-state index in [1.807, 2.05) is 0 Å². The van der Waals surface area contributed by atoms with Crippen molar-refractivity contribution in [3.63, 3.8) is 0 Å². The molecule has 0 aliphatic rings. The van der Waals surface area contributed by atoms with E-state index in [4.69, 9.17) is 9.15 Å². The molecule has 3 rings (SSSR count). The zero-order valence-corrected chi connectivity index (χ0v) is 14.6. The second-order valence-corrected chi connectivity index (χ2v) is 5.89. The molecular formula is C19H18N2O5. The Labute approximate surface area is 149 Å². The van der Waals surface area contributed by atoms with Gasteiger partial charge in [-0.05, 0) is 43.7 Å². The van der Waals surface area contributed by atoms with Gasteiger partial charge in [-0.2, -0.15) is 0 Å². The molecule has 0 spiro atoms. The molecule has 7 nitrogen and oxygen atoms in total. The van der Waals surface area contributed by atoms with Crippen molar-refractivity contribution in [1.82, 2.24) is 4.57 Å². The lowest BCUT2D eigenvalue weighted by Gasteiger charge is -2.15. The average molecular weight is 354 g/mol. The van der Waals surface area contributed by atoms with Gasteiger partial charge in [0.2, 0.25) is 5.91 Å². The van der Waals surface area contributed by atoms with Gasteiger partial charge in [0.1, 0.15) is 6.04 Å². The Morgan fingerprint density at radius 3 is 2.65 bits per heavy atom. The molecular weight excluding hydrogens is 336 g/mol. The standard InChI is InChI=1S/C19H18N2O5/c1-11-8-9-13(18(23)25-3)10-14(11)20-17(22)12(2)21-15-6-4-5-7-16(15)26-19(21)24/h4-10,12H,1-3H3,(H,20,22). The minimum atomic E-state index is -0.799. The lowest BCUT2D eigenvalue weighted by atomic mass is 10.1. The van der Waals surface area contributed by atoms with Crippen LogP contribution < -0.4 is 11.1 Å². The average Bonchev–Trinajstić information content (AvgIpc) is 2.97. The highest BCUT2D eigenvalue weighted by atomic mass is 16.5. The third-order valence-corrected chi connectivity index (χ3v) is 4.20. The number of hydrogen-bond donors (Lipinski definition) is 1. The van der Waals surface area contributed by atoms with Gasteiger partial charge < -0.3 is 14.5 Å². The summed E-state index contributed by atoms with van der Waals surface area (Å²) < 4.78 is 11.2. The van der Waals surface area contributed by atoms with Crippen LogP contribution in [0.5, 0.6) is 0 Å². The number of nitrogens with zero attached hydrogens (tertiary/aromatic N) is 1. The van der Waals surface area contributed by atoms with Crippen LogP contribution in [0.3, 0.4) is 0 Å². The fraction of sp³-hybridized carbons (Fsp3) is 0.211. The Morgan fingerprint density at radius 1 is 1.19 bits per heavy atom. The van der Waals surface area contributed by atoms with Gasteiger partial charge >= 0.3 is 11.7 Å². The Balaban J connectivity index is 1.91. The maximum absolute atomic E-state index is 12.7. The number of ether oxygens (including phenoxy) is 1. The number of esters is 1. The van der Waals surface area contributed by atoms with E-state index >= 15 is 0 Å². The van der Waals surface area contributed by atoms with E-state index in [9.17, 15) is 14.4 Å². The van der Waals surface area contributed by atoms with Gasteiger partial charge in [-0.1, -0.05) is 18.2 Å². The molecule has 0 aliphatic heterocycles. The quantitative estimate of drug-likeness (QED) is 0.728.